The van der Waals surface area contributed by atoms with Crippen LogP contribution in [0.15, 0.2) is 30.3 Å². The summed E-state index contributed by atoms with van der Waals surface area (Å²) in [6, 6.07) is 9.64. The maximum atomic E-state index is 12.1. The number of amides is 3. The van der Waals surface area contributed by atoms with Gasteiger partial charge in [-0.2, -0.15) is 0 Å². The average Bonchev–Trinajstić information content (AvgIpc) is 3.11. The van der Waals surface area contributed by atoms with Crippen molar-refractivity contribution in [1.82, 2.24) is 20.5 Å². The lowest BCUT2D eigenvalue weighted by Gasteiger charge is -2.18. The minimum absolute atomic E-state index is 0.0488. The molecule has 7 heteroatoms. The zero-order valence-corrected chi connectivity index (χ0v) is 17.2. The Morgan fingerprint density at radius 2 is 1.89 bits per heavy atom. The molecular formula is C21H28N4O2S. The lowest BCUT2D eigenvalue weighted by Crippen LogP contribution is -2.39. The third-order valence-corrected chi connectivity index (χ3v) is 6.01. The van der Waals surface area contributed by atoms with Crippen molar-refractivity contribution in [3.05, 3.63) is 51.5 Å². The number of fused-ring (bicyclic) bond motifs is 1. The van der Waals surface area contributed by atoms with Gasteiger partial charge in [0.05, 0.1) is 10.7 Å². The first-order valence-electron chi connectivity index (χ1n) is 9.89. The van der Waals surface area contributed by atoms with Gasteiger partial charge in [-0.3, -0.25) is 4.79 Å². The van der Waals surface area contributed by atoms with Gasteiger partial charge in [0.25, 0.3) is 0 Å². The van der Waals surface area contributed by atoms with E-state index < -0.39 is 0 Å². The van der Waals surface area contributed by atoms with Gasteiger partial charge in [-0.05, 0) is 31.2 Å². The van der Waals surface area contributed by atoms with E-state index in [1.807, 2.05) is 30.3 Å². The van der Waals surface area contributed by atoms with Crippen LogP contribution in [0.1, 0.15) is 40.4 Å². The molecule has 1 aromatic carbocycles. The van der Waals surface area contributed by atoms with Crippen LogP contribution in [0.4, 0.5) is 4.79 Å². The molecule has 1 heterocycles. The van der Waals surface area contributed by atoms with E-state index in [0.717, 1.165) is 29.8 Å². The van der Waals surface area contributed by atoms with Gasteiger partial charge in [0.1, 0.15) is 0 Å². The zero-order valence-electron chi connectivity index (χ0n) is 16.4. The number of carbonyl (C=O) groups is 2. The number of aromatic nitrogens is 1. The van der Waals surface area contributed by atoms with Gasteiger partial charge in [0, 0.05) is 44.4 Å². The maximum absolute atomic E-state index is 12.1. The number of aryl methyl sites for hydroxylation is 2. The Balaban J connectivity index is 1.30. The fourth-order valence-electron chi connectivity index (χ4n) is 3.26. The molecule has 0 saturated carbocycles. The van der Waals surface area contributed by atoms with Crippen molar-refractivity contribution in [2.75, 3.05) is 20.1 Å². The molecule has 6 nitrogen and oxygen atoms in total. The summed E-state index contributed by atoms with van der Waals surface area (Å²) in [5, 5.41) is 6.82. The number of nitrogens with one attached hydrogen (secondary N) is 2. The average molecular weight is 401 g/mol. The summed E-state index contributed by atoms with van der Waals surface area (Å²) in [4.78, 5) is 31.8. The highest BCUT2D eigenvalue weighted by atomic mass is 32.1. The summed E-state index contributed by atoms with van der Waals surface area (Å²) in [5.41, 5.74) is 2.33. The second-order valence-corrected chi connectivity index (χ2v) is 8.28. The SMILES string of the molecule is CN(Cc1ccccc1)C(=O)NCCC(=O)NCCc1nc2c(s1)CCCC2. The summed E-state index contributed by atoms with van der Waals surface area (Å²) >= 11 is 1.79. The minimum Gasteiger partial charge on any atom is -0.356 e. The summed E-state index contributed by atoms with van der Waals surface area (Å²) in [7, 11) is 1.75. The van der Waals surface area contributed by atoms with Crippen LogP contribution in [0.3, 0.4) is 0 Å². The number of carbonyl (C=O) groups excluding carboxylic acids is 2. The van der Waals surface area contributed by atoms with E-state index in [1.165, 1.54) is 23.4 Å². The summed E-state index contributed by atoms with van der Waals surface area (Å²) in [6.07, 6.45) is 5.79. The standard InChI is InChI=1S/C21H28N4O2S/c1-25(15-16-7-3-2-4-8-16)21(27)23-13-11-19(26)22-14-12-20-24-17-9-5-6-10-18(17)28-20/h2-4,7-8H,5-6,9-15H2,1H3,(H,22,26)(H,23,27). The number of rotatable bonds is 8. The third-order valence-electron chi connectivity index (χ3n) is 4.79. The van der Waals surface area contributed by atoms with Crippen LogP contribution in [-0.2, 0) is 30.6 Å². The van der Waals surface area contributed by atoms with Crippen molar-refractivity contribution in [1.29, 1.82) is 0 Å². The molecule has 0 aliphatic heterocycles. The molecule has 0 fully saturated rings. The lowest BCUT2D eigenvalue weighted by molar-refractivity contribution is -0.120. The highest BCUT2D eigenvalue weighted by Gasteiger charge is 2.15. The van der Waals surface area contributed by atoms with Crippen molar-refractivity contribution in [2.45, 2.75) is 45.1 Å². The van der Waals surface area contributed by atoms with Crippen molar-refractivity contribution >= 4 is 23.3 Å². The van der Waals surface area contributed by atoms with E-state index in [9.17, 15) is 9.59 Å². The molecule has 1 aliphatic carbocycles. The van der Waals surface area contributed by atoms with Crippen LogP contribution in [0.25, 0.3) is 0 Å². The highest BCUT2D eigenvalue weighted by molar-refractivity contribution is 7.11. The van der Waals surface area contributed by atoms with E-state index in [1.54, 1.807) is 23.3 Å². The van der Waals surface area contributed by atoms with Crippen LogP contribution < -0.4 is 10.6 Å². The Morgan fingerprint density at radius 3 is 2.68 bits per heavy atom. The summed E-state index contributed by atoms with van der Waals surface area (Å²) < 4.78 is 0. The predicted molar refractivity (Wildman–Crippen MR) is 111 cm³/mol. The Labute approximate surface area is 170 Å². The molecule has 2 aromatic rings. The zero-order chi connectivity index (χ0) is 19.8. The number of benzene rings is 1. The molecule has 2 N–H and O–H groups in total. The summed E-state index contributed by atoms with van der Waals surface area (Å²) in [6.45, 7) is 1.46. The van der Waals surface area contributed by atoms with Crippen LogP contribution in [0.2, 0.25) is 0 Å². The first-order chi connectivity index (χ1) is 13.6. The van der Waals surface area contributed by atoms with Crippen LogP contribution in [0.5, 0.6) is 0 Å². The van der Waals surface area contributed by atoms with E-state index in [-0.39, 0.29) is 18.4 Å². The van der Waals surface area contributed by atoms with Gasteiger partial charge in [-0.1, -0.05) is 30.3 Å². The number of nitrogens with zero attached hydrogens (tertiary/aromatic N) is 2. The molecule has 0 unspecified atom stereocenters. The number of thiazole rings is 1. The minimum atomic E-state index is -0.176. The monoisotopic (exact) mass is 400 g/mol. The molecule has 1 aromatic heterocycles. The fourth-order valence-corrected chi connectivity index (χ4v) is 4.41. The normalized spacial score (nSPS) is 12.9. The maximum Gasteiger partial charge on any atom is 0.317 e. The highest BCUT2D eigenvalue weighted by Crippen LogP contribution is 2.26. The van der Waals surface area contributed by atoms with E-state index in [4.69, 9.17) is 4.98 Å². The largest absolute Gasteiger partial charge is 0.356 e. The van der Waals surface area contributed by atoms with E-state index in [2.05, 4.69) is 10.6 Å². The Bertz CT molecular complexity index is 767. The molecule has 3 rings (SSSR count). The Hall–Kier alpha value is -2.41. The van der Waals surface area contributed by atoms with E-state index >= 15 is 0 Å². The van der Waals surface area contributed by atoms with Crippen molar-refractivity contribution in [2.24, 2.45) is 0 Å². The number of hydrogen-bond acceptors (Lipinski definition) is 4. The van der Waals surface area contributed by atoms with E-state index in [0.29, 0.717) is 19.6 Å². The van der Waals surface area contributed by atoms with Crippen LogP contribution >= 0.6 is 11.3 Å². The van der Waals surface area contributed by atoms with Gasteiger partial charge in [-0.25, -0.2) is 9.78 Å². The molecule has 0 spiro atoms. The number of hydrogen-bond donors (Lipinski definition) is 2. The molecule has 0 saturated heterocycles. The van der Waals surface area contributed by atoms with Gasteiger partial charge in [0.2, 0.25) is 5.91 Å². The van der Waals surface area contributed by atoms with Gasteiger partial charge in [-0.15, -0.1) is 11.3 Å². The first kappa shape index (κ1) is 20.3. The predicted octanol–water partition coefficient (Wildman–Crippen LogP) is 2.91. The fraction of sp³-hybridized carbons (Fsp3) is 0.476. The second-order valence-electron chi connectivity index (χ2n) is 7.11. The quantitative estimate of drug-likeness (QED) is 0.715. The number of urea groups is 1. The Morgan fingerprint density at radius 1 is 1.11 bits per heavy atom. The molecule has 3 amide bonds. The van der Waals surface area contributed by atoms with Crippen molar-refractivity contribution < 1.29 is 9.59 Å². The van der Waals surface area contributed by atoms with Crippen LogP contribution in [-0.4, -0.2) is 42.0 Å². The van der Waals surface area contributed by atoms with Gasteiger partial charge >= 0.3 is 6.03 Å². The van der Waals surface area contributed by atoms with Crippen molar-refractivity contribution in [3.63, 3.8) is 0 Å². The second kappa shape index (κ2) is 10.2. The molecule has 0 atom stereocenters. The lowest BCUT2D eigenvalue weighted by atomic mass is 10.0. The smallest absolute Gasteiger partial charge is 0.317 e. The topological polar surface area (TPSA) is 74.3 Å². The molecule has 28 heavy (non-hydrogen) atoms. The Kier molecular flexibility index (Phi) is 7.42. The van der Waals surface area contributed by atoms with Gasteiger partial charge < -0.3 is 15.5 Å². The summed E-state index contributed by atoms with van der Waals surface area (Å²) in [5.74, 6) is -0.0488. The molecule has 1 aliphatic rings. The molecule has 150 valence electrons. The first-order valence-corrected chi connectivity index (χ1v) is 10.7. The van der Waals surface area contributed by atoms with Crippen LogP contribution in [0, 0.1) is 0 Å². The molecule has 0 radical (unpaired) electrons. The molecular weight excluding hydrogens is 372 g/mol. The molecule has 0 bridgehead atoms. The third kappa shape index (κ3) is 6.05. The van der Waals surface area contributed by atoms with Crippen molar-refractivity contribution in [3.8, 4) is 0 Å². The van der Waals surface area contributed by atoms with Gasteiger partial charge in [0.15, 0.2) is 0 Å².